The molecule has 5 nitrogen and oxygen atoms in total. The van der Waals surface area contributed by atoms with Gasteiger partial charge in [0.25, 0.3) is 0 Å². The fourth-order valence-electron chi connectivity index (χ4n) is 4.13. The second kappa shape index (κ2) is 8.77. The first-order chi connectivity index (χ1) is 14.4. The van der Waals surface area contributed by atoms with Gasteiger partial charge in [0.1, 0.15) is 16.4 Å². The first-order valence-electron chi connectivity index (χ1n) is 9.75. The number of sulfonamides is 1. The molecular formula is C21H24ClF2NO4S2. The number of nitrogens with zero attached hydrogens (tertiary/aromatic N) is 1. The van der Waals surface area contributed by atoms with Gasteiger partial charge in [-0.25, -0.2) is 29.9 Å². The maximum Gasteiger partial charge on any atom is 0.213 e. The van der Waals surface area contributed by atoms with Crippen molar-refractivity contribution >= 4 is 31.5 Å². The third kappa shape index (κ3) is 4.65. The minimum atomic E-state index is -4.14. The molecule has 0 radical (unpaired) electrons. The monoisotopic (exact) mass is 491 g/mol. The van der Waals surface area contributed by atoms with Gasteiger partial charge in [-0.05, 0) is 74.1 Å². The van der Waals surface area contributed by atoms with E-state index in [0.717, 1.165) is 22.5 Å². The fourth-order valence-corrected chi connectivity index (χ4v) is 7.64. The summed E-state index contributed by atoms with van der Waals surface area (Å²) in [7, 11) is -4.73. The van der Waals surface area contributed by atoms with E-state index in [0.29, 0.717) is 5.02 Å². The summed E-state index contributed by atoms with van der Waals surface area (Å²) in [6.07, 6.45) is 0.448. The molecule has 170 valence electrons. The minimum Gasteiger partial charge on any atom is -0.223 e. The van der Waals surface area contributed by atoms with Crippen molar-refractivity contribution in [2.75, 3.05) is 19.8 Å². The number of benzene rings is 2. The maximum absolute atomic E-state index is 14.8. The predicted octanol–water partition coefficient (Wildman–Crippen LogP) is 4.37. The highest BCUT2D eigenvalue weighted by molar-refractivity contribution is 7.92. The third-order valence-corrected chi connectivity index (χ3v) is 10.8. The lowest BCUT2D eigenvalue weighted by Crippen LogP contribution is -2.42. The van der Waals surface area contributed by atoms with Gasteiger partial charge in [0.15, 0.2) is 9.84 Å². The molecule has 0 heterocycles. The molecule has 1 fully saturated rings. The topological polar surface area (TPSA) is 71.5 Å². The van der Waals surface area contributed by atoms with Gasteiger partial charge in [-0.1, -0.05) is 11.6 Å². The van der Waals surface area contributed by atoms with Crippen LogP contribution in [-0.2, 0) is 24.6 Å². The highest BCUT2D eigenvalue weighted by atomic mass is 35.5. The van der Waals surface area contributed by atoms with Crippen molar-refractivity contribution in [2.24, 2.45) is 5.92 Å². The molecule has 1 saturated carbocycles. The Morgan fingerprint density at radius 2 is 1.58 bits per heavy atom. The van der Waals surface area contributed by atoms with Crippen LogP contribution in [0.2, 0.25) is 5.02 Å². The molecule has 1 aliphatic rings. The van der Waals surface area contributed by atoms with Gasteiger partial charge < -0.3 is 0 Å². The zero-order valence-electron chi connectivity index (χ0n) is 17.2. The van der Waals surface area contributed by atoms with Crippen molar-refractivity contribution in [3.8, 4) is 0 Å². The molecule has 10 heteroatoms. The summed E-state index contributed by atoms with van der Waals surface area (Å²) >= 11 is 5.89. The first kappa shape index (κ1) is 24.1. The minimum absolute atomic E-state index is 0.0219. The molecule has 31 heavy (non-hydrogen) atoms. The van der Waals surface area contributed by atoms with Crippen LogP contribution in [0.25, 0.3) is 0 Å². The molecule has 0 bridgehead atoms. The Labute approximate surface area is 187 Å². The Balaban J connectivity index is 2.06. The lowest BCUT2D eigenvalue weighted by atomic mass is 9.78. The van der Waals surface area contributed by atoms with E-state index in [4.69, 9.17) is 11.6 Å². The Kier molecular flexibility index (Phi) is 6.82. The summed E-state index contributed by atoms with van der Waals surface area (Å²) in [4.78, 5) is -0.0417. The van der Waals surface area contributed by atoms with Crippen molar-refractivity contribution in [1.82, 2.24) is 4.31 Å². The van der Waals surface area contributed by atoms with Crippen molar-refractivity contribution in [3.63, 3.8) is 0 Å². The van der Waals surface area contributed by atoms with Crippen LogP contribution in [0.1, 0.15) is 31.2 Å². The molecule has 0 atom stereocenters. The Hall–Kier alpha value is -1.55. The molecule has 0 aromatic heterocycles. The quantitative estimate of drug-likeness (QED) is 0.601. The molecule has 0 amide bonds. The summed E-state index contributed by atoms with van der Waals surface area (Å²) in [6, 6.07) is 8.35. The summed E-state index contributed by atoms with van der Waals surface area (Å²) < 4.78 is 80.3. The molecule has 2 aromatic rings. The second-order valence-corrected chi connectivity index (χ2v) is 13.0. The molecule has 0 spiro atoms. The Bertz CT molecular complexity index is 1160. The second-order valence-electron chi connectivity index (χ2n) is 8.08. The number of hydrogen-bond acceptors (Lipinski definition) is 4. The van der Waals surface area contributed by atoms with E-state index in [9.17, 15) is 25.6 Å². The van der Waals surface area contributed by atoms with Crippen LogP contribution < -0.4 is 0 Å². The van der Waals surface area contributed by atoms with Crippen LogP contribution in [0.4, 0.5) is 8.78 Å². The highest BCUT2D eigenvalue weighted by Crippen LogP contribution is 2.49. The van der Waals surface area contributed by atoms with Gasteiger partial charge in [0.05, 0.1) is 10.6 Å². The van der Waals surface area contributed by atoms with E-state index < -0.39 is 36.2 Å². The van der Waals surface area contributed by atoms with Crippen LogP contribution in [0.3, 0.4) is 0 Å². The number of sulfone groups is 1. The highest BCUT2D eigenvalue weighted by Gasteiger charge is 2.50. The van der Waals surface area contributed by atoms with E-state index in [2.05, 4.69) is 0 Å². The summed E-state index contributed by atoms with van der Waals surface area (Å²) in [5.41, 5.74) is -0.226. The van der Waals surface area contributed by atoms with Crippen molar-refractivity contribution < 1.29 is 25.6 Å². The fraction of sp³-hybridized carbons (Fsp3) is 0.429. The van der Waals surface area contributed by atoms with Gasteiger partial charge in [-0.15, -0.1) is 0 Å². The van der Waals surface area contributed by atoms with E-state index in [-0.39, 0.29) is 47.8 Å². The normalized spacial score (nSPS) is 22.6. The van der Waals surface area contributed by atoms with Gasteiger partial charge in [0, 0.05) is 24.7 Å². The van der Waals surface area contributed by atoms with E-state index >= 15 is 0 Å². The smallest absolute Gasteiger partial charge is 0.213 e. The SMILES string of the molecule is CN(C)S(=O)(=O)CC1CCC(c2cc(F)ccc2F)(S(=O)(=O)c2ccc(Cl)cc2)CC1. The zero-order chi connectivity index (χ0) is 23.0. The largest absolute Gasteiger partial charge is 0.223 e. The lowest BCUT2D eigenvalue weighted by Gasteiger charge is -2.40. The Morgan fingerprint density at radius 3 is 2.13 bits per heavy atom. The molecule has 1 aliphatic carbocycles. The number of hydrogen-bond donors (Lipinski definition) is 0. The van der Waals surface area contributed by atoms with E-state index in [1.165, 1.54) is 38.4 Å². The van der Waals surface area contributed by atoms with Crippen molar-refractivity contribution in [3.05, 3.63) is 64.7 Å². The van der Waals surface area contributed by atoms with Gasteiger partial charge in [-0.3, -0.25) is 0 Å². The molecule has 0 N–H and O–H groups in total. The summed E-state index contributed by atoms with van der Waals surface area (Å²) in [5.74, 6) is -1.95. The molecule has 0 unspecified atom stereocenters. The van der Waals surface area contributed by atoms with Gasteiger partial charge in [0.2, 0.25) is 10.0 Å². The molecular weight excluding hydrogens is 468 g/mol. The zero-order valence-corrected chi connectivity index (χ0v) is 19.6. The lowest BCUT2D eigenvalue weighted by molar-refractivity contribution is 0.301. The number of rotatable bonds is 6. The molecule has 0 saturated heterocycles. The number of halogens is 3. The molecule has 2 aromatic carbocycles. The summed E-state index contributed by atoms with van der Waals surface area (Å²) in [6.45, 7) is 0. The summed E-state index contributed by atoms with van der Waals surface area (Å²) in [5, 5.41) is 0.350. The van der Waals surface area contributed by atoms with Gasteiger partial charge >= 0.3 is 0 Å². The van der Waals surface area contributed by atoms with Crippen LogP contribution in [-0.4, -0.2) is 41.0 Å². The van der Waals surface area contributed by atoms with Crippen molar-refractivity contribution in [1.29, 1.82) is 0 Å². The maximum atomic E-state index is 14.8. The standard InChI is InChI=1S/C21H24ClF2NO4S2/c1-25(2)30(26,27)14-15-9-11-21(12-10-15,19-13-17(23)5-8-20(19)24)31(28,29)18-6-3-16(22)4-7-18/h3-8,13,15H,9-12,14H2,1-2H3. The predicted molar refractivity (Wildman–Crippen MR) is 116 cm³/mol. The van der Waals surface area contributed by atoms with Crippen LogP contribution in [0.15, 0.2) is 47.4 Å². The average Bonchev–Trinajstić information content (AvgIpc) is 2.70. The molecule has 3 rings (SSSR count). The van der Waals surface area contributed by atoms with Gasteiger partial charge in [-0.2, -0.15) is 0 Å². The third-order valence-electron chi connectivity index (χ3n) is 5.97. The first-order valence-corrected chi connectivity index (χ1v) is 13.2. The van der Waals surface area contributed by atoms with E-state index in [1.807, 2.05) is 0 Å². The van der Waals surface area contributed by atoms with Crippen molar-refractivity contribution in [2.45, 2.75) is 35.3 Å². The van der Waals surface area contributed by atoms with E-state index in [1.54, 1.807) is 0 Å². The van der Waals surface area contributed by atoms with Crippen LogP contribution >= 0.6 is 11.6 Å². The average molecular weight is 492 g/mol. The Morgan fingerprint density at radius 1 is 1.00 bits per heavy atom. The molecule has 0 aliphatic heterocycles. The van der Waals surface area contributed by atoms with Crippen LogP contribution in [0, 0.1) is 17.6 Å². The van der Waals surface area contributed by atoms with Crippen LogP contribution in [0.5, 0.6) is 0 Å².